The lowest BCUT2D eigenvalue weighted by Gasteiger charge is -2.37. The van der Waals surface area contributed by atoms with E-state index in [4.69, 9.17) is 10.5 Å². The second kappa shape index (κ2) is 4.09. The predicted molar refractivity (Wildman–Crippen MR) is 51.2 cm³/mol. The molecule has 0 aromatic carbocycles. The Kier molecular flexibility index (Phi) is 3.31. The van der Waals surface area contributed by atoms with Crippen LogP contribution in [-0.4, -0.2) is 17.6 Å². The maximum Gasteiger partial charge on any atom is 0.307 e. The van der Waals surface area contributed by atoms with Gasteiger partial charge < -0.3 is 10.5 Å². The second-order valence-corrected chi connectivity index (χ2v) is 4.10. The fraction of sp³-hybridized carbons (Fsp3) is 0.900. The first-order valence-electron chi connectivity index (χ1n) is 5.04. The Hall–Kier alpha value is -0.570. The van der Waals surface area contributed by atoms with Crippen LogP contribution in [-0.2, 0) is 9.53 Å². The predicted octanol–water partition coefficient (Wildman–Crippen LogP) is 1.60. The minimum atomic E-state index is -0.245. The molecule has 1 aliphatic carbocycles. The number of rotatable bonds is 4. The Morgan fingerprint density at radius 1 is 1.62 bits per heavy atom. The molecular formula is C10H19NO2. The lowest BCUT2D eigenvalue weighted by Crippen LogP contribution is -2.48. The molecule has 0 aromatic heterocycles. The first-order chi connectivity index (χ1) is 6.06. The van der Waals surface area contributed by atoms with E-state index in [1.54, 1.807) is 0 Å². The summed E-state index contributed by atoms with van der Waals surface area (Å²) >= 11 is 0. The highest BCUT2D eigenvalue weighted by Gasteiger charge is 2.35. The van der Waals surface area contributed by atoms with Gasteiger partial charge in [0.2, 0.25) is 0 Å². The van der Waals surface area contributed by atoms with Crippen molar-refractivity contribution in [1.29, 1.82) is 0 Å². The van der Waals surface area contributed by atoms with Gasteiger partial charge in [-0.3, -0.25) is 4.79 Å². The van der Waals surface area contributed by atoms with E-state index in [1.807, 2.05) is 13.8 Å². The largest absolute Gasteiger partial charge is 0.463 e. The molecule has 0 saturated heterocycles. The van der Waals surface area contributed by atoms with Gasteiger partial charge in [0.1, 0.15) is 0 Å². The molecule has 1 rings (SSSR count). The van der Waals surface area contributed by atoms with Gasteiger partial charge in [-0.1, -0.05) is 6.92 Å². The molecule has 3 heteroatoms. The summed E-state index contributed by atoms with van der Waals surface area (Å²) in [5.74, 6) is -0.142. The summed E-state index contributed by atoms with van der Waals surface area (Å²) in [5.41, 5.74) is 5.67. The van der Waals surface area contributed by atoms with E-state index in [-0.39, 0.29) is 17.6 Å². The molecule has 1 unspecified atom stereocenters. The van der Waals surface area contributed by atoms with Crippen molar-refractivity contribution in [3.63, 3.8) is 0 Å². The Morgan fingerprint density at radius 2 is 2.23 bits per heavy atom. The van der Waals surface area contributed by atoms with E-state index < -0.39 is 0 Å². The normalized spacial score (nSPS) is 21.8. The summed E-state index contributed by atoms with van der Waals surface area (Å²) in [6, 6.07) is 0. The van der Waals surface area contributed by atoms with Crippen LogP contribution in [0.1, 0.15) is 46.0 Å². The van der Waals surface area contributed by atoms with Crippen molar-refractivity contribution >= 4 is 5.97 Å². The van der Waals surface area contributed by atoms with Gasteiger partial charge >= 0.3 is 5.97 Å². The Morgan fingerprint density at radius 3 is 2.62 bits per heavy atom. The molecule has 1 fully saturated rings. The number of esters is 1. The molecule has 1 saturated carbocycles. The summed E-state index contributed by atoms with van der Waals surface area (Å²) in [7, 11) is 0. The molecule has 0 heterocycles. The van der Waals surface area contributed by atoms with E-state index >= 15 is 0 Å². The quantitative estimate of drug-likeness (QED) is 0.677. The van der Waals surface area contributed by atoms with Gasteiger partial charge in [0.05, 0.1) is 12.5 Å². The van der Waals surface area contributed by atoms with Gasteiger partial charge in [-0.15, -0.1) is 0 Å². The van der Waals surface area contributed by atoms with Crippen LogP contribution in [0.5, 0.6) is 0 Å². The first-order valence-corrected chi connectivity index (χ1v) is 5.04. The average molecular weight is 185 g/mol. The van der Waals surface area contributed by atoms with Gasteiger partial charge in [-0.25, -0.2) is 0 Å². The van der Waals surface area contributed by atoms with Crippen molar-refractivity contribution in [2.45, 2.75) is 57.6 Å². The maximum absolute atomic E-state index is 11.3. The van der Waals surface area contributed by atoms with Crippen LogP contribution in [0.15, 0.2) is 0 Å². The topological polar surface area (TPSA) is 52.3 Å². The Labute approximate surface area is 79.6 Å². The second-order valence-electron chi connectivity index (χ2n) is 4.10. The van der Waals surface area contributed by atoms with Gasteiger partial charge in [-0.2, -0.15) is 0 Å². The minimum absolute atomic E-state index is 0.0242. The zero-order valence-corrected chi connectivity index (χ0v) is 8.51. The van der Waals surface area contributed by atoms with Crippen LogP contribution in [0.2, 0.25) is 0 Å². The molecule has 76 valence electrons. The van der Waals surface area contributed by atoms with Gasteiger partial charge in [0, 0.05) is 5.54 Å². The molecule has 0 bridgehead atoms. The van der Waals surface area contributed by atoms with Crippen molar-refractivity contribution in [2.24, 2.45) is 5.73 Å². The third kappa shape index (κ3) is 2.99. The van der Waals surface area contributed by atoms with Gasteiger partial charge in [0.15, 0.2) is 0 Å². The summed E-state index contributed by atoms with van der Waals surface area (Å²) in [6.45, 7) is 3.90. The molecule has 0 amide bonds. The van der Waals surface area contributed by atoms with Crippen LogP contribution < -0.4 is 5.73 Å². The van der Waals surface area contributed by atoms with Crippen LogP contribution in [0.4, 0.5) is 0 Å². The number of ether oxygens (including phenoxy) is 1. The molecular weight excluding hydrogens is 166 g/mol. The lowest BCUT2D eigenvalue weighted by atomic mass is 9.75. The number of hydrogen-bond donors (Lipinski definition) is 1. The number of carbonyl (C=O) groups is 1. The molecule has 0 radical (unpaired) electrons. The Balaban J connectivity index is 2.24. The van der Waals surface area contributed by atoms with Gasteiger partial charge in [-0.05, 0) is 32.6 Å². The molecule has 3 nitrogen and oxygen atoms in total. The van der Waals surface area contributed by atoms with E-state index in [9.17, 15) is 4.79 Å². The number of hydrogen-bond acceptors (Lipinski definition) is 3. The van der Waals surface area contributed by atoms with Crippen LogP contribution >= 0.6 is 0 Å². The fourth-order valence-electron chi connectivity index (χ4n) is 1.44. The monoisotopic (exact) mass is 185 g/mol. The van der Waals surface area contributed by atoms with Crippen LogP contribution in [0, 0.1) is 0 Å². The highest BCUT2D eigenvalue weighted by molar-refractivity contribution is 5.71. The maximum atomic E-state index is 11.3. The van der Waals surface area contributed by atoms with E-state index in [1.165, 1.54) is 0 Å². The third-order valence-electron chi connectivity index (χ3n) is 2.75. The molecule has 1 atom stereocenters. The SMILES string of the molecule is CCC(C)OC(=O)CC1(N)CCC1. The molecule has 13 heavy (non-hydrogen) atoms. The van der Waals surface area contributed by atoms with Crippen molar-refractivity contribution < 1.29 is 9.53 Å². The van der Waals surface area contributed by atoms with Crippen molar-refractivity contribution in [1.82, 2.24) is 0 Å². The molecule has 1 aliphatic rings. The summed E-state index contributed by atoms with van der Waals surface area (Å²) in [5, 5.41) is 0. The number of carbonyl (C=O) groups excluding carboxylic acids is 1. The smallest absolute Gasteiger partial charge is 0.307 e. The minimum Gasteiger partial charge on any atom is -0.463 e. The van der Waals surface area contributed by atoms with Crippen LogP contribution in [0.3, 0.4) is 0 Å². The average Bonchev–Trinajstić information content (AvgIpc) is 2.01. The first kappa shape index (κ1) is 10.5. The molecule has 0 spiro atoms. The molecule has 2 N–H and O–H groups in total. The van der Waals surface area contributed by atoms with E-state index in [0.717, 1.165) is 25.7 Å². The summed E-state index contributed by atoms with van der Waals surface area (Å²) in [4.78, 5) is 11.3. The summed E-state index contributed by atoms with van der Waals surface area (Å²) < 4.78 is 5.15. The summed E-state index contributed by atoms with van der Waals surface area (Å²) in [6.07, 6.45) is 4.34. The number of nitrogens with two attached hydrogens (primary N) is 1. The standard InChI is InChI=1S/C10H19NO2/c1-3-8(2)13-9(12)7-10(11)5-4-6-10/h8H,3-7,11H2,1-2H3. The van der Waals surface area contributed by atoms with Crippen LogP contribution in [0.25, 0.3) is 0 Å². The van der Waals surface area contributed by atoms with Crippen molar-refractivity contribution in [2.75, 3.05) is 0 Å². The van der Waals surface area contributed by atoms with E-state index in [0.29, 0.717) is 6.42 Å². The zero-order valence-electron chi connectivity index (χ0n) is 8.51. The zero-order chi connectivity index (χ0) is 9.90. The van der Waals surface area contributed by atoms with Gasteiger partial charge in [0.25, 0.3) is 0 Å². The molecule has 0 aliphatic heterocycles. The highest BCUT2D eigenvalue weighted by Crippen LogP contribution is 2.32. The Bertz CT molecular complexity index is 187. The fourth-order valence-corrected chi connectivity index (χ4v) is 1.44. The van der Waals surface area contributed by atoms with E-state index in [2.05, 4.69) is 0 Å². The van der Waals surface area contributed by atoms with Crippen molar-refractivity contribution in [3.8, 4) is 0 Å². The highest BCUT2D eigenvalue weighted by atomic mass is 16.5. The molecule has 0 aromatic rings. The third-order valence-corrected chi connectivity index (χ3v) is 2.75. The van der Waals surface area contributed by atoms with Crippen molar-refractivity contribution in [3.05, 3.63) is 0 Å². The lowest BCUT2D eigenvalue weighted by molar-refractivity contribution is -0.150.